The monoisotopic (exact) mass is 273 g/mol. The number of rotatable bonds is 4. The van der Waals surface area contributed by atoms with Gasteiger partial charge in [0, 0.05) is 5.92 Å². The van der Waals surface area contributed by atoms with Gasteiger partial charge in [-0.25, -0.2) is 0 Å². The van der Waals surface area contributed by atoms with Crippen molar-refractivity contribution in [2.75, 3.05) is 0 Å². The lowest BCUT2D eigenvalue weighted by Gasteiger charge is -2.06. The first-order valence-corrected chi connectivity index (χ1v) is 6.83. The summed E-state index contributed by atoms with van der Waals surface area (Å²) in [6.07, 6.45) is 1.70. The van der Waals surface area contributed by atoms with Crippen molar-refractivity contribution in [3.63, 3.8) is 0 Å². The van der Waals surface area contributed by atoms with E-state index in [1.54, 1.807) is 12.1 Å². The minimum Gasteiger partial charge on any atom is -0.508 e. The zero-order chi connectivity index (χ0) is 14.3. The molecule has 0 amide bonds. The second-order valence-electron chi connectivity index (χ2n) is 6.21. The molecule has 1 aromatic carbocycles. The maximum atomic E-state index is 9.26. The zero-order valence-electron chi connectivity index (χ0n) is 11.7. The van der Waals surface area contributed by atoms with Gasteiger partial charge in [0.2, 0.25) is 5.89 Å². The molecule has 1 saturated carbocycles. The van der Waals surface area contributed by atoms with E-state index in [0.717, 1.165) is 17.8 Å². The molecule has 5 nitrogen and oxygen atoms in total. The molecule has 1 aliphatic carbocycles. The fourth-order valence-electron chi connectivity index (χ4n) is 2.42. The Balaban J connectivity index is 1.68. The molecule has 1 aliphatic rings. The first kappa shape index (κ1) is 13.1. The molecule has 3 N–H and O–H groups in total. The van der Waals surface area contributed by atoms with Crippen LogP contribution in [0.1, 0.15) is 49.5 Å². The minimum atomic E-state index is -0.317. The van der Waals surface area contributed by atoms with Gasteiger partial charge in [-0.3, -0.25) is 0 Å². The van der Waals surface area contributed by atoms with Gasteiger partial charge in [0.1, 0.15) is 5.75 Å². The molecule has 2 atom stereocenters. The summed E-state index contributed by atoms with van der Waals surface area (Å²) < 4.78 is 5.28. The van der Waals surface area contributed by atoms with Crippen LogP contribution in [0.3, 0.4) is 0 Å². The fraction of sp³-hybridized carbons (Fsp3) is 0.467. The van der Waals surface area contributed by atoms with E-state index in [1.165, 1.54) is 0 Å². The number of benzene rings is 1. The van der Waals surface area contributed by atoms with Crippen LogP contribution >= 0.6 is 0 Å². The Labute approximate surface area is 117 Å². The highest BCUT2D eigenvalue weighted by Gasteiger charge is 2.49. The third kappa shape index (κ3) is 2.54. The van der Waals surface area contributed by atoms with Gasteiger partial charge in [-0.2, -0.15) is 4.98 Å². The topological polar surface area (TPSA) is 85.2 Å². The van der Waals surface area contributed by atoms with Crippen LogP contribution < -0.4 is 5.73 Å². The Hall–Kier alpha value is -1.88. The van der Waals surface area contributed by atoms with Gasteiger partial charge in [-0.15, -0.1) is 0 Å². The van der Waals surface area contributed by atoms with Crippen LogP contribution in [0.25, 0.3) is 0 Å². The molecule has 5 heteroatoms. The number of aromatic nitrogens is 2. The number of aromatic hydroxyl groups is 1. The van der Waals surface area contributed by atoms with Crippen LogP contribution in [0.4, 0.5) is 0 Å². The van der Waals surface area contributed by atoms with Crippen molar-refractivity contribution < 1.29 is 9.63 Å². The van der Waals surface area contributed by atoms with Crippen LogP contribution in [0.15, 0.2) is 28.8 Å². The molecule has 0 spiro atoms. The maximum Gasteiger partial charge on any atom is 0.243 e. The van der Waals surface area contributed by atoms with Gasteiger partial charge in [-0.1, -0.05) is 31.1 Å². The van der Waals surface area contributed by atoms with Crippen molar-refractivity contribution in [1.29, 1.82) is 0 Å². The number of nitrogens with two attached hydrogens (primary N) is 1. The van der Waals surface area contributed by atoms with Crippen molar-refractivity contribution in [3.8, 4) is 5.75 Å². The first-order valence-electron chi connectivity index (χ1n) is 6.83. The molecule has 2 unspecified atom stereocenters. The summed E-state index contributed by atoms with van der Waals surface area (Å²) in [6, 6.07) is 6.66. The highest BCUT2D eigenvalue weighted by atomic mass is 16.5. The molecule has 0 bridgehead atoms. The highest BCUT2D eigenvalue weighted by Crippen LogP contribution is 2.57. The average Bonchev–Trinajstić information content (AvgIpc) is 2.86. The summed E-state index contributed by atoms with van der Waals surface area (Å²) in [6.45, 7) is 4.40. The van der Waals surface area contributed by atoms with E-state index in [1.807, 2.05) is 12.1 Å². The Morgan fingerprint density at radius 3 is 2.65 bits per heavy atom. The summed E-state index contributed by atoms with van der Waals surface area (Å²) in [5, 5.41) is 13.3. The molecule has 106 valence electrons. The van der Waals surface area contributed by atoms with Crippen molar-refractivity contribution in [3.05, 3.63) is 41.5 Å². The summed E-state index contributed by atoms with van der Waals surface area (Å²) >= 11 is 0. The van der Waals surface area contributed by atoms with E-state index >= 15 is 0 Å². The SMILES string of the molecule is CC1(C)CC1c1noc(C(N)Cc2ccc(O)cc2)n1. The predicted octanol–water partition coefficient (Wildman–Crippen LogP) is 2.53. The molecule has 20 heavy (non-hydrogen) atoms. The molecule has 3 rings (SSSR count). The van der Waals surface area contributed by atoms with Crippen LogP contribution in [0.2, 0.25) is 0 Å². The number of phenols is 1. The summed E-state index contributed by atoms with van der Waals surface area (Å²) in [7, 11) is 0. The van der Waals surface area contributed by atoms with Gasteiger partial charge in [-0.05, 0) is 36.0 Å². The maximum absolute atomic E-state index is 9.26. The molecule has 0 aliphatic heterocycles. The molecule has 1 fully saturated rings. The van der Waals surface area contributed by atoms with Crippen molar-refractivity contribution >= 4 is 0 Å². The van der Waals surface area contributed by atoms with E-state index < -0.39 is 0 Å². The lowest BCUT2D eigenvalue weighted by atomic mass is 10.1. The summed E-state index contributed by atoms with van der Waals surface area (Å²) in [5.74, 6) is 1.89. The average molecular weight is 273 g/mol. The molecule has 1 aromatic heterocycles. The number of nitrogens with zero attached hydrogens (tertiary/aromatic N) is 2. The second-order valence-corrected chi connectivity index (χ2v) is 6.21. The zero-order valence-corrected chi connectivity index (χ0v) is 11.7. The number of phenolic OH excluding ortho intramolecular Hbond substituents is 1. The Morgan fingerprint density at radius 1 is 1.40 bits per heavy atom. The Morgan fingerprint density at radius 2 is 2.05 bits per heavy atom. The summed E-state index contributed by atoms with van der Waals surface area (Å²) in [4.78, 5) is 4.43. The molecular weight excluding hydrogens is 254 g/mol. The third-order valence-corrected chi connectivity index (χ3v) is 3.99. The van der Waals surface area contributed by atoms with Crippen molar-refractivity contribution in [2.24, 2.45) is 11.1 Å². The normalized spacial score (nSPS) is 21.6. The van der Waals surface area contributed by atoms with Crippen LogP contribution in [-0.4, -0.2) is 15.2 Å². The largest absolute Gasteiger partial charge is 0.508 e. The van der Waals surface area contributed by atoms with Crippen LogP contribution in [-0.2, 0) is 6.42 Å². The Bertz CT molecular complexity index is 604. The van der Waals surface area contributed by atoms with Gasteiger partial charge < -0.3 is 15.4 Å². The third-order valence-electron chi connectivity index (χ3n) is 3.99. The van der Waals surface area contributed by atoms with E-state index in [9.17, 15) is 5.11 Å². The Kier molecular flexibility index (Phi) is 3.01. The number of hydrogen-bond acceptors (Lipinski definition) is 5. The molecule has 0 radical (unpaired) electrons. The van der Waals surface area contributed by atoms with Gasteiger partial charge in [0.05, 0.1) is 6.04 Å². The van der Waals surface area contributed by atoms with Crippen LogP contribution in [0, 0.1) is 5.41 Å². The van der Waals surface area contributed by atoms with Crippen molar-refractivity contribution in [1.82, 2.24) is 10.1 Å². The number of hydrogen-bond donors (Lipinski definition) is 2. The molecule has 0 saturated heterocycles. The van der Waals surface area contributed by atoms with Gasteiger partial charge >= 0.3 is 0 Å². The molecule has 1 heterocycles. The summed E-state index contributed by atoms with van der Waals surface area (Å²) in [5.41, 5.74) is 7.42. The van der Waals surface area contributed by atoms with Gasteiger partial charge in [0.25, 0.3) is 0 Å². The second kappa shape index (κ2) is 4.59. The van der Waals surface area contributed by atoms with E-state index in [-0.39, 0.29) is 17.2 Å². The highest BCUT2D eigenvalue weighted by molar-refractivity contribution is 5.26. The van der Waals surface area contributed by atoms with Gasteiger partial charge in [0.15, 0.2) is 5.82 Å². The van der Waals surface area contributed by atoms with E-state index in [0.29, 0.717) is 18.2 Å². The fourth-order valence-corrected chi connectivity index (χ4v) is 2.42. The predicted molar refractivity (Wildman–Crippen MR) is 74.2 cm³/mol. The smallest absolute Gasteiger partial charge is 0.243 e. The van der Waals surface area contributed by atoms with E-state index in [2.05, 4.69) is 24.0 Å². The first-order chi connectivity index (χ1) is 9.45. The lowest BCUT2D eigenvalue weighted by Crippen LogP contribution is -2.13. The quantitative estimate of drug-likeness (QED) is 0.894. The van der Waals surface area contributed by atoms with Crippen molar-refractivity contribution in [2.45, 2.75) is 38.6 Å². The lowest BCUT2D eigenvalue weighted by molar-refractivity contribution is 0.349. The standard InChI is InChI=1S/C15H19N3O2/c1-15(2)8-11(15)13-17-14(20-18-13)12(16)7-9-3-5-10(19)6-4-9/h3-6,11-12,19H,7-8,16H2,1-2H3. The van der Waals surface area contributed by atoms with E-state index in [4.69, 9.17) is 10.3 Å². The van der Waals surface area contributed by atoms with Crippen LogP contribution in [0.5, 0.6) is 5.75 Å². The molecular formula is C15H19N3O2. The minimum absolute atomic E-state index is 0.248. The molecule has 2 aromatic rings.